The van der Waals surface area contributed by atoms with Gasteiger partial charge in [-0.2, -0.15) is 8.75 Å². The number of carbonyl (C=O) groups is 2. The van der Waals surface area contributed by atoms with Gasteiger partial charge in [0.25, 0.3) is 5.91 Å². The molecule has 2 atom stereocenters. The Hall–Kier alpha value is -1.15. The van der Waals surface area contributed by atoms with E-state index in [4.69, 9.17) is 5.11 Å². The van der Waals surface area contributed by atoms with E-state index in [1.165, 1.54) is 22.9 Å². The van der Waals surface area contributed by atoms with Crippen LogP contribution in [0.2, 0.25) is 0 Å². The summed E-state index contributed by atoms with van der Waals surface area (Å²) in [5.41, 5.74) is 0.214. The number of rotatable bonds is 2. The number of carboxylic acids is 1. The molecular formula is C8H9N3O3S2. The molecule has 0 aromatic carbocycles. The zero-order valence-electron chi connectivity index (χ0n) is 8.36. The molecule has 2 unspecified atom stereocenters. The van der Waals surface area contributed by atoms with E-state index in [-0.39, 0.29) is 17.0 Å². The first-order valence-electron chi connectivity index (χ1n) is 4.56. The molecule has 16 heavy (non-hydrogen) atoms. The van der Waals surface area contributed by atoms with Crippen molar-refractivity contribution in [2.75, 3.05) is 5.75 Å². The minimum Gasteiger partial charge on any atom is -0.480 e. The van der Waals surface area contributed by atoms with E-state index in [1.54, 1.807) is 0 Å². The number of aliphatic carboxylic acids is 1. The van der Waals surface area contributed by atoms with Crippen LogP contribution in [0.25, 0.3) is 0 Å². The summed E-state index contributed by atoms with van der Waals surface area (Å²) in [6.45, 7) is 1.81. The van der Waals surface area contributed by atoms with Crippen LogP contribution in [0.3, 0.4) is 0 Å². The first kappa shape index (κ1) is 11.3. The fourth-order valence-corrected chi connectivity index (χ4v) is 3.11. The molecule has 0 bridgehead atoms. The van der Waals surface area contributed by atoms with Crippen molar-refractivity contribution in [3.8, 4) is 0 Å². The quantitative estimate of drug-likeness (QED) is 0.834. The Balaban J connectivity index is 2.24. The Morgan fingerprint density at radius 1 is 1.62 bits per heavy atom. The number of carbonyl (C=O) groups excluding carboxylic acids is 1. The number of thioether (sulfide) groups is 1. The molecule has 1 fully saturated rings. The second kappa shape index (κ2) is 4.38. The van der Waals surface area contributed by atoms with E-state index in [0.717, 1.165) is 11.7 Å². The third kappa shape index (κ3) is 1.90. The summed E-state index contributed by atoms with van der Waals surface area (Å²) in [5, 5.41) is 8.86. The number of hydrogen-bond acceptors (Lipinski definition) is 6. The van der Waals surface area contributed by atoms with Gasteiger partial charge in [-0.1, -0.05) is 0 Å². The third-order valence-electron chi connectivity index (χ3n) is 2.32. The van der Waals surface area contributed by atoms with Crippen molar-refractivity contribution in [1.82, 2.24) is 13.6 Å². The summed E-state index contributed by atoms with van der Waals surface area (Å²) >= 11 is 2.38. The van der Waals surface area contributed by atoms with Gasteiger partial charge in [0, 0.05) is 5.75 Å². The maximum atomic E-state index is 12.0. The number of nitrogens with zero attached hydrogens (tertiary/aromatic N) is 3. The van der Waals surface area contributed by atoms with Gasteiger partial charge in [0.15, 0.2) is 5.69 Å². The van der Waals surface area contributed by atoms with Crippen LogP contribution in [-0.4, -0.2) is 47.8 Å². The van der Waals surface area contributed by atoms with E-state index < -0.39 is 12.0 Å². The van der Waals surface area contributed by atoms with Gasteiger partial charge in [0.1, 0.15) is 6.04 Å². The lowest BCUT2D eigenvalue weighted by Gasteiger charge is -2.23. The second-order valence-corrected chi connectivity index (χ2v) is 5.20. The number of carboxylic acid groups (broad SMARTS) is 1. The lowest BCUT2D eigenvalue weighted by atomic mass is 10.2. The molecule has 0 aliphatic carbocycles. The number of amides is 1. The molecular weight excluding hydrogens is 250 g/mol. The largest absolute Gasteiger partial charge is 0.480 e. The highest BCUT2D eigenvalue weighted by molar-refractivity contribution is 8.00. The summed E-state index contributed by atoms with van der Waals surface area (Å²) in [6.07, 6.45) is 1.36. The topological polar surface area (TPSA) is 83.4 Å². The lowest BCUT2D eigenvalue weighted by molar-refractivity contribution is -0.141. The summed E-state index contributed by atoms with van der Waals surface area (Å²) in [4.78, 5) is 24.3. The van der Waals surface area contributed by atoms with Crippen molar-refractivity contribution in [2.45, 2.75) is 18.3 Å². The van der Waals surface area contributed by atoms with E-state index in [0.29, 0.717) is 5.75 Å². The van der Waals surface area contributed by atoms with Crippen molar-refractivity contribution < 1.29 is 14.7 Å². The van der Waals surface area contributed by atoms with Gasteiger partial charge < -0.3 is 10.0 Å². The van der Waals surface area contributed by atoms with Crippen LogP contribution in [0.5, 0.6) is 0 Å². The Kier molecular flexibility index (Phi) is 3.10. The van der Waals surface area contributed by atoms with E-state index in [9.17, 15) is 9.59 Å². The highest BCUT2D eigenvalue weighted by atomic mass is 32.2. The average molecular weight is 259 g/mol. The van der Waals surface area contributed by atoms with Gasteiger partial charge in [-0.3, -0.25) is 4.79 Å². The molecule has 1 aliphatic heterocycles. The fourth-order valence-electron chi connectivity index (χ4n) is 1.53. The smallest absolute Gasteiger partial charge is 0.327 e. The van der Waals surface area contributed by atoms with Crippen LogP contribution < -0.4 is 0 Å². The molecule has 1 aromatic rings. The molecule has 1 aromatic heterocycles. The van der Waals surface area contributed by atoms with Gasteiger partial charge >= 0.3 is 5.97 Å². The van der Waals surface area contributed by atoms with Gasteiger partial charge in [0.2, 0.25) is 0 Å². The van der Waals surface area contributed by atoms with Gasteiger partial charge in [-0.25, -0.2) is 4.79 Å². The molecule has 1 aliphatic rings. The minimum absolute atomic E-state index is 0.143. The lowest BCUT2D eigenvalue weighted by Crippen LogP contribution is -2.44. The molecule has 1 amide bonds. The summed E-state index contributed by atoms with van der Waals surface area (Å²) in [5.74, 6) is -0.924. The van der Waals surface area contributed by atoms with Crippen LogP contribution in [-0.2, 0) is 4.79 Å². The molecule has 86 valence electrons. The van der Waals surface area contributed by atoms with Crippen molar-refractivity contribution >= 4 is 35.4 Å². The molecule has 0 saturated carbocycles. The van der Waals surface area contributed by atoms with E-state index >= 15 is 0 Å². The van der Waals surface area contributed by atoms with E-state index in [1.807, 2.05) is 6.92 Å². The zero-order chi connectivity index (χ0) is 11.7. The SMILES string of the molecule is CC1SCC(C(=O)O)N1C(=O)c1cnsn1. The highest BCUT2D eigenvalue weighted by Crippen LogP contribution is 2.29. The molecule has 2 heterocycles. The Labute approximate surface area is 100.0 Å². The molecule has 2 rings (SSSR count). The fraction of sp³-hybridized carbons (Fsp3) is 0.500. The molecule has 0 spiro atoms. The van der Waals surface area contributed by atoms with Gasteiger partial charge in [0.05, 0.1) is 23.3 Å². The van der Waals surface area contributed by atoms with Crippen LogP contribution >= 0.6 is 23.5 Å². The molecule has 1 N–H and O–H groups in total. The van der Waals surface area contributed by atoms with Crippen LogP contribution in [0.4, 0.5) is 0 Å². The van der Waals surface area contributed by atoms with E-state index in [2.05, 4.69) is 8.75 Å². The average Bonchev–Trinajstić information content (AvgIpc) is 2.84. The summed E-state index contributed by atoms with van der Waals surface area (Å²) in [6, 6.07) is -0.769. The highest BCUT2D eigenvalue weighted by Gasteiger charge is 2.40. The van der Waals surface area contributed by atoms with Gasteiger partial charge in [-0.15, -0.1) is 11.8 Å². The first-order valence-corrected chi connectivity index (χ1v) is 6.34. The standard InChI is InChI=1S/C8H9N3O3S2/c1-4-11(6(3-15-4)8(13)14)7(12)5-2-9-16-10-5/h2,4,6H,3H2,1H3,(H,13,14). The summed E-state index contributed by atoms with van der Waals surface area (Å²) in [7, 11) is 0. The van der Waals surface area contributed by atoms with Crippen molar-refractivity contribution in [3.63, 3.8) is 0 Å². The van der Waals surface area contributed by atoms with Crippen LogP contribution in [0.1, 0.15) is 17.4 Å². The molecule has 1 saturated heterocycles. The Bertz CT molecular complexity index is 409. The van der Waals surface area contributed by atoms with Crippen molar-refractivity contribution in [3.05, 3.63) is 11.9 Å². The van der Waals surface area contributed by atoms with Crippen molar-refractivity contribution in [1.29, 1.82) is 0 Å². The van der Waals surface area contributed by atoms with Crippen molar-refractivity contribution in [2.24, 2.45) is 0 Å². The Morgan fingerprint density at radius 3 is 2.94 bits per heavy atom. The molecule has 0 radical (unpaired) electrons. The van der Waals surface area contributed by atoms with Gasteiger partial charge in [-0.05, 0) is 6.92 Å². The minimum atomic E-state index is -0.978. The predicted octanol–water partition coefficient (Wildman–Crippen LogP) is 0.526. The molecule has 8 heteroatoms. The maximum absolute atomic E-state index is 12.0. The normalized spacial score (nSPS) is 24.7. The van der Waals surface area contributed by atoms with Crippen LogP contribution in [0, 0.1) is 0 Å². The third-order valence-corrected chi connectivity index (χ3v) is 4.02. The second-order valence-electron chi connectivity index (χ2n) is 3.29. The first-order chi connectivity index (χ1) is 7.61. The number of aromatic nitrogens is 2. The predicted molar refractivity (Wildman–Crippen MR) is 59.4 cm³/mol. The summed E-state index contributed by atoms with van der Waals surface area (Å²) < 4.78 is 7.56. The van der Waals surface area contributed by atoms with Crippen LogP contribution in [0.15, 0.2) is 6.20 Å². The monoisotopic (exact) mass is 259 g/mol. The number of hydrogen-bond donors (Lipinski definition) is 1. The molecule has 6 nitrogen and oxygen atoms in total. The zero-order valence-corrected chi connectivity index (χ0v) is 9.99. The Morgan fingerprint density at radius 2 is 2.38 bits per heavy atom. The maximum Gasteiger partial charge on any atom is 0.327 e.